The molecule has 0 amide bonds. The zero-order chi connectivity index (χ0) is 16.7. The van der Waals surface area contributed by atoms with Gasteiger partial charge in [-0.05, 0) is 6.42 Å². The van der Waals surface area contributed by atoms with Crippen molar-refractivity contribution in [2.24, 2.45) is 14.1 Å². The molecule has 0 aliphatic heterocycles. The summed E-state index contributed by atoms with van der Waals surface area (Å²) in [6.07, 6.45) is -2.90. The largest absolute Gasteiger partial charge is 0.435 e. The van der Waals surface area contributed by atoms with E-state index in [0.717, 1.165) is 7.05 Å². The van der Waals surface area contributed by atoms with Crippen LogP contribution in [0.15, 0.2) is 17.3 Å². The first-order valence-electron chi connectivity index (χ1n) is 6.21. The Morgan fingerprint density at radius 2 is 1.91 bits per heavy atom. The van der Waals surface area contributed by atoms with Crippen molar-refractivity contribution in [3.05, 3.63) is 23.7 Å². The summed E-state index contributed by atoms with van der Waals surface area (Å²) in [7, 11) is -1.43. The number of nitrogens with zero attached hydrogens (tertiary/aromatic N) is 4. The highest BCUT2D eigenvalue weighted by atomic mass is 32.2. The molecular weight excluding hydrogens is 323 g/mol. The van der Waals surface area contributed by atoms with Crippen molar-refractivity contribution in [3.63, 3.8) is 0 Å². The zero-order valence-electron chi connectivity index (χ0n) is 12.0. The predicted octanol–water partition coefficient (Wildman–Crippen LogP) is 1.54. The van der Waals surface area contributed by atoms with Crippen molar-refractivity contribution in [2.45, 2.75) is 24.5 Å². The van der Waals surface area contributed by atoms with Gasteiger partial charge in [0.15, 0.2) is 10.7 Å². The van der Waals surface area contributed by atoms with Crippen LogP contribution in [0, 0.1) is 0 Å². The van der Waals surface area contributed by atoms with Crippen molar-refractivity contribution >= 4 is 15.7 Å². The van der Waals surface area contributed by atoms with E-state index in [1.54, 1.807) is 14.0 Å². The minimum absolute atomic E-state index is 0.222. The monoisotopic (exact) mass is 337 g/mol. The zero-order valence-corrected chi connectivity index (χ0v) is 12.8. The smallest absolute Gasteiger partial charge is 0.275 e. The van der Waals surface area contributed by atoms with Crippen LogP contribution in [0.2, 0.25) is 0 Å². The van der Waals surface area contributed by atoms with E-state index in [2.05, 4.69) is 14.9 Å². The van der Waals surface area contributed by atoms with E-state index in [9.17, 15) is 21.6 Å². The lowest BCUT2D eigenvalue weighted by Gasteiger charge is -2.08. The van der Waals surface area contributed by atoms with Gasteiger partial charge in [0.25, 0.3) is 10.0 Å². The molecular formula is C11H14F3N5O2S. The molecule has 7 nitrogen and oxygen atoms in total. The number of sulfonamides is 1. The van der Waals surface area contributed by atoms with Gasteiger partial charge >= 0.3 is 6.18 Å². The third kappa shape index (κ3) is 2.93. The Morgan fingerprint density at radius 1 is 1.27 bits per heavy atom. The van der Waals surface area contributed by atoms with Crippen LogP contribution in [0.25, 0.3) is 0 Å². The minimum atomic E-state index is -4.71. The molecule has 2 aromatic heterocycles. The molecule has 0 aromatic carbocycles. The van der Waals surface area contributed by atoms with E-state index in [1.165, 1.54) is 10.9 Å². The Bertz CT molecular complexity index is 791. The van der Waals surface area contributed by atoms with Gasteiger partial charge in [0.2, 0.25) is 0 Å². The molecule has 0 bridgehead atoms. The molecule has 0 atom stereocenters. The summed E-state index contributed by atoms with van der Waals surface area (Å²) in [6.45, 7) is 1.81. The predicted molar refractivity (Wildman–Crippen MR) is 71.6 cm³/mol. The summed E-state index contributed by atoms with van der Waals surface area (Å²) >= 11 is 0. The summed E-state index contributed by atoms with van der Waals surface area (Å²) in [5.74, 6) is 0. The van der Waals surface area contributed by atoms with Gasteiger partial charge in [-0.25, -0.2) is 0 Å². The van der Waals surface area contributed by atoms with Crippen LogP contribution < -0.4 is 4.72 Å². The lowest BCUT2D eigenvalue weighted by atomic mass is 10.3. The van der Waals surface area contributed by atoms with Gasteiger partial charge in [-0.2, -0.15) is 31.8 Å². The summed E-state index contributed by atoms with van der Waals surface area (Å²) in [5.41, 5.74) is -0.432. The lowest BCUT2D eigenvalue weighted by molar-refractivity contribution is -0.141. The molecule has 11 heteroatoms. The Labute approximate surface area is 124 Å². The van der Waals surface area contributed by atoms with Gasteiger partial charge in [-0.15, -0.1) is 0 Å². The third-order valence-electron chi connectivity index (χ3n) is 3.04. The van der Waals surface area contributed by atoms with Crippen LogP contribution in [-0.2, 0) is 36.7 Å². The number of nitrogens with one attached hydrogen (secondary N) is 1. The van der Waals surface area contributed by atoms with Crippen molar-refractivity contribution in [1.82, 2.24) is 19.6 Å². The highest BCUT2D eigenvalue weighted by Crippen LogP contribution is 2.30. The van der Waals surface area contributed by atoms with E-state index >= 15 is 0 Å². The normalized spacial score (nSPS) is 12.6. The number of rotatable bonds is 4. The molecule has 0 fully saturated rings. The maximum Gasteiger partial charge on any atom is 0.435 e. The molecule has 0 saturated heterocycles. The van der Waals surface area contributed by atoms with Crippen molar-refractivity contribution in [3.8, 4) is 0 Å². The molecule has 2 aromatic rings. The number of aryl methyl sites for hydroxylation is 2. The summed E-state index contributed by atoms with van der Waals surface area (Å²) < 4.78 is 66.8. The number of alkyl halides is 3. The first-order valence-corrected chi connectivity index (χ1v) is 7.69. The minimum Gasteiger partial charge on any atom is -0.275 e. The molecule has 2 rings (SSSR count). The van der Waals surface area contributed by atoms with Crippen LogP contribution in [0.3, 0.4) is 0 Å². The van der Waals surface area contributed by atoms with Gasteiger partial charge in [-0.1, -0.05) is 6.92 Å². The fraction of sp³-hybridized carbons (Fsp3) is 0.455. The molecule has 122 valence electrons. The molecule has 0 saturated carbocycles. The number of hydrogen-bond acceptors (Lipinski definition) is 4. The summed E-state index contributed by atoms with van der Waals surface area (Å²) in [6, 6.07) is 0.490. The highest BCUT2D eigenvalue weighted by molar-refractivity contribution is 7.92. The second-order valence-electron chi connectivity index (χ2n) is 4.58. The molecule has 0 radical (unpaired) electrons. The molecule has 0 aliphatic rings. The Hall–Kier alpha value is -2.04. The number of halogens is 3. The fourth-order valence-electron chi connectivity index (χ4n) is 2.00. The molecule has 0 spiro atoms. The maximum absolute atomic E-state index is 12.6. The van der Waals surface area contributed by atoms with Crippen LogP contribution >= 0.6 is 0 Å². The first kappa shape index (κ1) is 16.3. The van der Waals surface area contributed by atoms with Gasteiger partial charge in [-0.3, -0.25) is 14.1 Å². The van der Waals surface area contributed by atoms with Gasteiger partial charge in [0.1, 0.15) is 0 Å². The molecule has 0 unspecified atom stereocenters. The van der Waals surface area contributed by atoms with Crippen molar-refractivity contribution in [1.29, 1.82) is 0 Å². The highest BCUT2D eigenvalue weighted by Gasteiger charge is 2.36. The molecule has 2 heterocycles. The second kappa shape index (κ2) is 5.30. The van der Waals surface area contributed by atoms with Crippen LogP contribution in [-0.4, -0.2) is 28.0 Å². The van der Waals surface area contributed by atoms with Crippen molar-refractivity contribution < 1.29 is 21.6 Å². The number of aromatic nitrogens is 4. The maximum atomic E-state index is 12.6. The lowest BCUT2D eigenvalue weighted by Crippen LogP contribution is -2.17. The fourth-order valence-corrected chi connectivity index (χ4v) is 3.22. The standard InChI is InChI=1S/C11H14F3N5O2S/c1-4-8-7(6-15-18(8)2)17-22(20,21)10-5-9(11(12,13)14)16-19(10)3/h5-6,17H,4H2,1-3H3. The first-order chi connectivity index (χ1) is 10.1. The average molecular weight is 337 g/mol. The van der Waals surface area contributed by atoms with E-state index in [1.807, 2.05) is 0 Å². The van der Waals surface area contributed by atoms with Crippen LogP contribution in [0.1, 0.15) is 18.3 Å². The van der Waals surface area contributed by atoms with Crippen LogP contribution in [0.5, 0.6) is 0 Å². The molecule has 0 aliphatic carbocycles. The Morgan fingerprint density at radius 3 is 2.41 bits per heavy atom. The molecule has 1 N–H and O–H groups in total. The van der Waals surface area contributed by atoms with Crippen molar-refractivity contribution in [2.75, 3.05) is 4.72 Å². The van der Waals surface area contributed by atoms with E-state index in [0.29, 0.717) is 22.9 Å². The van der Waals surface area contributed by atoms with E-state index in [-0.39, 0.29) is 5.69 Å². The van der Waals surface area contributed by atoms with Gasteiger partial charge in [0, 0.05) is 20.2 Å². The Kier molecular flexibility index (Phi) is 3.94. The number of anilines is 1. The molecule has 22 heavy (non-hydrogen) atoms. The van der Waals surface area contributed by atoms with Crippen LogP contribution in [0.4, 0.5) is 18.9 Å². The average Bonchev–Trinajstić information content (AvgIpc) is 2.92. The van der Waals surface area contributed by atoms with Gasteiger partial charge in [0.05, 0.1) is 17.6 Å². The Balaban J connectivity index is 2.41. The quantitative estimate of drug-likeness (QED) is 0.917. The van der Waals surface area contributed by atoms with E-state index < -0.39 is 26.9 Å². The van der Waals surface area contributed by atoms with Gasteiger partial charge < -0.3 is 0 Å². The topological polar surface area (TPSA) is 81.8 Å². The second-order valence-corrected chi connectivity index (χ2v) is 6.21. The van der Waals surface area contributed by atoms with E-state index in [4.69, 9.17) is 0 Å². The summed E-state index contributed by atoms with van der Waals surface area (Å²) in [4.78, 5) is 0. The third-order valence-corrected chi connectivity index (χ3v) is 4.46. The number of hydrogen-bond donors (Lipinski definition) is 1. The summed E-state index contributed by atoms with van der Waals surface area (Å²) in [5, 5.41) is 6.53. The SMILES string of the molecule is CCc1c(NS(=O)(=O)c2cc(C(F)(F)F)nn2C)cnn1C.